The third-order valence-electron chi connectivity index (χ3n) is 2.61. The summed E-state index contributed by atoms with van der Waals surface area (Å²) in [5.74, 6) is -2.31. The molecular weight excluding hydrogens is 263 g/mol. The molecule has 1 N–H and O–H groups in total. The molecule has 0 heterocycles. The first-order chi connectivity index (χ1) is 9.47. The Hall–Kier alpha value is -2.68. The zero-order valence-corrected chi connectivity index (χ0v) is 10.8. The van der Waals surface area contributed by atoms with E-state index in [1.807, 2.05) is 6.07 Å². The zero-order valence-electron chi connectivity index (χ0n) is 10.8. The van der Waals surface area contributed by atoms with Crippen molar-refractivity contribution in [2.45, 2.75) is 13.5 Å². The van der Waals surface area contributed by atoms with Crippen LogP contribution < -0.4 is 0 Å². The van der Waals surface area contributed by atoms with E-state index in [1.54, 1.807) is 6.92 Å². The molecule has 0 saturated heterocycles. The maximum Gasteiger partial charge on any atom is 0.328 e. The highest BCUT2D eigenvalue weighted by molar-refractivity contribution is 5.93. The number of carbonyl (C=O) groups excluding carboxylic acids is 1. The Kier molecular flexibility index (Phi) is 5.42. The van der Waals surface area contributed by atoms with Gasteiger partial charge in [-0.3, -0.25) is 4.79 Å². The fourth-order valence-electron chi connectivity index (χ4n) is 1.54. The van der Waals surface area contributed by atoms with Gasteiger partial charge in [0, 0.05) is 30.8 Å². The molecule has 0 saturated carbocycles. The molecule has 6 heteroatoms. The normalized spacial score (nSPS) is 10.2. The maximum absolute atomic E-state index is 13.7. The smallest absolute Gasteiger partial charge is 0.328 e. The van der Waals surface area contributed by atoms with Crippen molar-refractivity contribution < 1.29 is 19.1 Å². The fraction of sp³-hybridized carbons (Fsp3) is 0.214. The van der Waals surface area contributed by atoms with Crippen molar-refractivity contribution in [2.24, 2.45) is 0 Å². The summed E-state index contributed by atoms with van der Waals surface area (Å²) >= 11 is 0. The summed E-state index contributed by atoms with van der Waals surface area (Å²) in [7, 11) is 0. The van der Waals surface area contributed by atoms with E-state index in [4.69, 9.17) is 10.4 Å². The van der Waals surface area contributed by atoms with Gasteiger partial charge in [-0.05, 0) is 19.1 Å². The molecule has 0 aliphatic rings. The Labute approximate surface area is 115 Å². The summed E-state index contributed by atoms with van der Waals surface area (Å²) < 4.78 is 13.7. The van der Waals surface area contributed by atoms with Gasteiger partial charge in [-0.25, -0.2) is 9.18 Å². The maximum atomic E-state index is 13.7. The minimum Gasteiger partial charge on any atom is -0.478 e. The van der Waals surface area contributed by atoms with Gasteiger partial charge in [0.25, 0.3) is 0 Å². The van der Waals surface area contributed by atoms with E-state index in [0.29, 0.717) is 6.54 Å². The Morgan fingerprint density at radius 1 is 1.45 bits per heavy atom. The molecule has 0 fully saturated rings. The zero-order chi connectivity index (χ0) is 15.1. The Morgan fingerprint density at radius 2 is 2.15 bits per heavy atom. The molecule has 0 unspecified atom stereocenters. The van der Waals surface area contributed by atoms with Crippen LogP contribution in [0.15, 0.2) is 30.4 Å². The van der Waals surface area contributed by atoms with Gasteiger partial charge in [0.1, 0.15) is 5.82 Å². The number of halogens is 1. The number of carboxylic acid groups (broad SMARTS) is 1. The number of hydrogen-bond acceptors (Lipinski definition) is 3. The first kappa shape index (κ1) is 15.4. The van der Waals surface area contributed by atoms with E-state index in [9.17, 15) is 14.0 Å². The van der Waals surface area contributed by atoms with Crippen LogP contribution in [-0.4, -0.2) is 28.4 Å². The lowest BCUT2D eigenvalue weighted by Crippen LogP contribution is -2.29. The number of carboxylic acids is 1. The second-order valence-electron chi connectivity index (χ2n) is 3.94. The molecule has 0 spiro atoms. The van der Waals surface area contributed by atoms with Crippen LogP contribution in [0.5, 0.6) is 0 Å². The number of nitriles is 1. The molecule has 1 aromatic carbocycles. The highest BCUT2D eigenvalue weighted by atomic mass is 19.1. The minimum atomic E-state index is -1.22. The highest BCUT2D eigenvalue weighted by Gasteiger charge is 2.12. The van der Waals surface area contributed by atoms with E-state index in [2.05, 4.69) is 0 Å². The van der Waals surface area contributed by atoms with E-state index < -0.39 is 17.7 Å². The standard InChI is InChI=1S/C14H13FN2O3/c1-2-17(13(18)5-6-14(19)20)9-11-4-3-10(8-16)7-12(11)15/h3-7H,2,9H2,1H3,(H,19,20)/b6-5+. The molecular formula is C14H13FN2O3. The van der Waals surface area contributed by atoms with Crippen LogP contribution in [0.4, 0.5) is 4.39 Å². The van der Waals surface area contributed by atoms with E-state index in [1.165, 1.54) is 17.0 Å². The molecule has 1 amide bonds. The quantitative estimate of drug-likeness (QED) is 0.830. The van der Waals surface area contributed by atoms with Gasteiger partial charge in [0.15, 0.2) is 0 Å². The van der Waals surface area contributed by atoms with Gasteiger partial charge in [-0.15, -0.1) is 0 Å². The third-order valence-corrected chi connectivity index (χ3v) is 2.61. The van der Waals surface area contributed by atoms with Crippen LogP contribution in [0.3, 0.4) is 0 Å². The summed E-state index contributed by atoms with van der Waals surface area (Å²) in [6.07, 6.45) is 1.66. The topological polar surface area (TPSA) is 81.4 Å². The largest absolute Gasteiger partial charge is 0.478 e. The molecule has 1 aromatic rings. The molecule has 0 aliphatic heterocycles. The van der Waals surface area contributed by atoms with Crippen LogP contribution in [-0.2, 0) is 16.1 Å². The van der Waals surface area contributed by atoms with E-state index in [0.717, 1.165) is 18.2 Å². The first-order valence-electron chi connectivity index (χ1n) is 5.86. The number of nitrogens with zero attached hydrogens (tertiary/aromatic N) is 2. The monoisotopic (exact) mass is 276 g/mol. The average Bonchev–Trinajstić information content (AvgIpc) is 2.43. The second kappa shape index (κ2) is 7.04. The lowest BCUT2D eigenvalue weighted by molar-refractivity contribution is -0.132. The number of rotatable bonds is 5. The van der Waals surface area contributed by atoms with Crippen molar-refractivity contribution in [3.05, 3.63) is 47.3 Å². The predicted molar refractivity (Wildman–Crippen MR) is 69.0 cm³/mol. The number of amides is 1. The molecule has 0 aliphatic carbocycles. The molecule has 20 heavy (non-hydrogen) atoms. The van der Waals surface area contributed by atoms with Crippen LogP contribution in [0.2, 0.25) is 0 Å². The average molecular weight is 276 g/mol. The summed E-state index contributed by atoms with van der Waals surface area (Å²) in [5.41, 5.74) is 0.467. The number of carbonyl (C=O) groups is 2. The molecule has 104 valence electrons. The van der Waals surface area contributed by atoms with Gasteiger partial charge in [-0.2, -0.15) is 5.26 Å². The third kappa shape index (κ3) is 4.21. The van der Waals surface area contributed by atoms with Crippen LogP contribution >= 0.6 is 0 Å². The molecule has 0 bridgehead atoms. The van der Waals surface area contributed by atoms with Crippen molar-refractivity contribution in [2.75, 3.05) is 6.54 Å². The summed E-state index contributed by atoms with van der Waals surface area (Å²) in [6.45, 7) is 2.02. The van der Waals surface area contributed by atoms with Gasteiger partial charge >= 0.3 is 5.97 Å². The van der Waals surface area contributed by atoms with Gasteiger partial charge in [0.2, 0.25) is 5.91 Å². The van der Waals surface area contributed by atoms with Crippen molar-refractivity contribution >= 4 is 11.9 Å². The lowest BCUT2D eigenvalue weighted by atomic mass is 10.1. The van der Waals surface area contributed by atoms with Crippen molar-refractivity contribution in [3.8, 4) is 6.07 Å². The van der Waals surface area contributed by atoms with Gasteiger partial charge in [-0.1, -0.05) is 6.07 Å². The van der Waals surface area contributed by atoms with E-state index >= 15 is 0 Å². The second-order valence-corrected chi connectivity index (χ2v) is 3.94. The van der Waals surface area contributed by atoms with Crippen molar-refractivity contribution in [3.63, 3.8) is 0 Å². The lowest BCUT2D eigenvalue weighted by Gasteiger charge is -2.19. The van der Waals surface area contributed by atoms with Crippen LogP contribution in [0, 0.1) is 17.1 Å². The SMILES string of the molecule is CCN(Cc1ccc(C#N)cc1F)C(=O)/C=C/C(=O)O. The molecule has 0 atom stereocenters. The molecule has 0 aromatic heterocycles. The predicted octanol–water partition coefficient (Wildman–Crippen LogP) is 1.69. The first-order valence-corrected chi connectivity index (χ1v) is 5.86. The van der Waals surface area contributed by atoms with Crippen molar-refractivity contribution in [1.82, 2.24) is 4.90 Å². The number of benzene rings is 1. The Bertz CT molecular complexity index is 591. The minimum absolute atomic E-state index is 0.0107. The molecule has 5 nitrogen and oxygen atoms in total. The Morgan fingerprint density at radius 3 is 2.65 bits per heavy atom. The van der Waals surface area contributed by atoms with Crippen LogP contribution in [0.1, 0.15) is 18.1 Å². The molecule has 0 radical (unpaired) electrons. The number of hydrogen-bond donors (Lipinski definition) is 1. The van der Waals surface area contributed by atoms with Crippen LogP contribution in [0.25, 0.3) is 0 Å². The van der Waals surface area contributed by atoms with Gasteiger partial charge < -0.3 is 10.0 Å². The molecule has 1 rings (SSSR count). The number of likely N-dealkylation sites (N-methyl/N-ethyl adjacent to an activating group) is 1. The fourth-order valence-corrected chi connectivity index (χ4v) is 1.54. The summed E-state index contributed by atoms with van der Waals surface area (Å²) in [4.78, 5) is 23.4. The van der Waals surface area contributed by atoms with Crippen molar-refractivity contribution in [1.29, 1.82) is 5.26 Å². The summed E-state index contributed by atoms with van der Waals surface area (Å²) in [5, 5.41) is 17.1. The van der Waals surface area contributed by atoms with Gasteiger partial charge in [0.05, 0.1) is 11.6 Å². The summed E-state index contributed by atoms with van der Waals surface area (Å²) in [6, 6.07) is 5.82. The highest BCUT2D eigenvalue weighted by Crippen LogP contribution is 2.13. The Balaban J connectivity index is 2.86. The number of aliphatic carboxylic acids is 1. The van der Waals surface area contributed by atoms with E-state index in [-0.39, 0.29) is 17.7 Å².